The van der Waals surface area contributed by atoms with Crippen molar-refractivity contribution in [2.45, 2.75) is 6.42 Å². The Morgan fingerprint density at radius 2 is 2.21 bits per heavy atom. The van der Waals surface area contributed by atoms with Gasteiger partial charge in [0, 0.05) is 31.6 Å². The van der Waals surface area contributed by atoms with Crippen molar-refractivity contribution in [1.29, 1.82) is 0 Å². The summed E-state index contributed by atoms with van der Waals surface area (Å²) in [4.78, 5) is 24.9. The van der Waals surface area contributed by atoms with Crippen LogP contribution in [0.25, 0.3) is 0 Å². The largest absolute Gasteiger partial charge is 0.494 e. The molecule has 0 aliphatic carbocycles. The fourth-order valence-electron chi connectivity index (χ4n) is 1.95. The number of hydrogen-bond donors (Lipinski definition) is 1. The lowest BCUT2D eigenvalue weighted by atomic mass is 10.1. The van der Waals surface area contributed by atoms with Gasteiger partial charge in [-0.25, -0.2) is 4.39 Å². The molecule has 1 saturated heterocycles. The molecule has 19 heavy (non-hydrogen) atoms. The second-order valence-corrected chi connectivity index (χ2v) is 4.24. The van der Waals surface area contributed by atoms with Crippen LogP contribution in [-0.4, -0.2) is 43.5 Å². The molecule has 1 N–H and O–H groups in total. The molecule has 6 heteroatoms. The Balaban J connectivity index is 2.14. The second-order valence-electron chi connectivity index (χ2n) is 4.24. The first-order valence-corrected chi connectivity index (χ1v) is 6.01. The first kappa shape index (κ1) is 13.3. The molecule has 0 atom stereocenters. The minimum Gasteiger partial charge on any atom is -0.494 e. The van der Waals surface area contributed by atoms with Gasteiger partial charge in [0.2, 0.25) is 5.91 Å². The summed E-state index contributed by atoms with van der Waals surface area (Å²) < 4.78 is 18.4. The smallest absolute Gasteiger partial charge is 0.254 e. The van der Waals surface area contributed by atoms with Crippen LogP contribution >= 0.6 is 0 Å². The molecule has 2 amide bonds. The summed E-state index contributed by atoms with van der Waals surface area (Å²) in [5.74, 6) is -0.823. The summed E-state index contributed by atoms with van der Waals surface area (Å²) >= 11 is 0. The quantitative estimate of drug-likeness (QED) is 0.861. The Labute approximate surface area is 110 Å². The highest BCUT2D eigenvalue weighted by molar-refractivity contribution is 5.94. The number of rotatable bonds is 2. The van der Waals surface area contributed by atoms with E-state index < -0.39 is 5.82 Å². The lowest BCUT2D eigenvalue weighted by molar-refractivity contribution is -0.120. The highest BCUT2D eigenvalue weighted by Crippen LogP contribution is 2.19. The Morgan fingerprint density at radius 1 is 1.42 bits per heavy atom. The maximum absolute atomic E-state index is 13.6. The Bertz CT molecular complexity index is 505. The topological polar surface area (TPSA) is 58.6 Å². The second kappa shape index (κ2) is 5.69. The number of halogens is 1. The van der Waals surface area contributed by atoms with Gasteiger partial charge >= 0.3 is 0 Å². The third-order valence-electron chi connectivity index (χ3n) is 3.00. The number of carbonyl (C=O) groups excluding carboxylic acids is 2. The highest BCUT2D eigenvalue weighted by atomic mass is 19.1. The molecular weight excluding hydrogens is 251 g/mol. The van der Waals surface area contributed by atoms with Gasteiger partial charge < -0.3 is 15.0 Å². The van der Waals surface area contributed by atoms with E-state index in [2.05, 4.69) is 5.32 Å². The molecule has 0 unspecified atom stereocenters. The minimum atomic E-state index is -0.572. The molecule has 1 aromatic rings. The van der Waals surface area contributed by atoms with Crippen molar-refractivity contribution in [3.05, 3.63) is 29.6 Å². The first-order chi connectivity index (χ1) is 9.11. The van der Waals surface area contributed by atoms with Gasteiger partial charge in [0.05, 0.1) is 7.11 Å². The van der Waals surface area contributed by atoms with E-state index in [4.69, 9.17) is 4.74 Å². The van der Waals surface area contributed by atoms with Gasteiger partial charge in [0.15, 0.2) is 11.6 Å². The fraction of sp³-hybridized carbons (Fsp3) is 0.385. The summed E-state index contributed by atoms with van der Waals surface area (Å²) in [7, 11) is 1.37. The number of hydrogen-bond acceptors (Lipinski definition) is 3. The normalized spacial score (nSPS) is 15.7. The van der Waals surface area contributed by atoms with E-state index in [-0.39, 0.29) is 29.5 Å². The van der Waals surface area contributed by atoms with E-state index in [0.717, 1.165) is 6.07 Å². The Morgan fingerprint density at radius 3 is 2.89 bits per heavy atom. The third-order valence-corrected chi connectivity index (χ3v) is 3.00. The van der Waals surface area contributed by atoms with Crippen LogP contribution in [0.3, 0.4) is 0 Å². The van der Waals surface area contributed by atoms with E-state index >= 15 is 0 Å². The van der Waals surface area contributed by atoms with Crippen LogP contribution in [0.5, 0.6) is 5.75 Å². The first-order valence-electron chi connectivity index (χ1n) is 6.01. The average Bonchev–Trinajstić information content (AvgIpc) is 2.62. The standard InChI is InChI=1S/C13H15FN2O3/c1-19-11-3-2-9(8-10(11)14)13(18)16-6-4-12(17)15-5-7-16/h2-3,8H,4-7H2,1H3,(H,15,17). The molecule has 2 rings (SSSR count). The number of ether oxygens (including phenoxy) is 1. The zero-order chi connectivity index (χ0) is 13.8. The molecule has 0 bridgehead atoms. The molecule has 102 valence electrons. The van der Waals surface area contributed by atoms with Gasteiger partial charge in [-0.05, 0) is 18.2 Å². The third kappa shape index (κ3) is 3.01. The van der Waals surface area contributed by atoms with E-state index in [9.17, 15) is 14.0 Å². The predicted molar refractivity (Wildman–Crippen MR) is 66.5 cm³/mol. The maximum Gasteiger partial charge on any atom is 0.254 e. The molecule has 1 aliphatic rings. The molecule has 1 fully saturated rings. The van der Waals surface area contributed by atoms with Crippen molar-refractivity contribution in [2.75, 3.05) is 26.7 Å². The summed E-state index contributed by atoms with van der Waals surface area (Å²) in [5, 5.41) is 2.68. The minimum absolute atomic E-state index is 0.0730. The molecular formula is C13H15FN2O3. The number of methoxy groups -OCH3 is 1. The number of carbonyl (C=O) groups is 2. The zero-order valence-electron chi connectivity index (χ0n) is 10.6. The average molecular weight is 266 g/mol. The van der Waals surface area contributed by atoms with Gasteiger partial charge in [0.1, 0.15) is 0 Å². The molecule has 5 nitrogen and oxygen atoms in total. The van der Waals surface area contributed by atoms with Gasteiger partial charge in [-0.1, -0.05) is 0 Å². The van der Waals surface area contributed by atoms with Crippen LogP contribution in [0.2, 0.25) is 0 Å². The summed E-state index contributed by atoms with van der Waals surface area (Å²) in [6.45, 7) is 1.19. The predicted octanol–water partition coefficient (Wildman–Crippen LogP) is 0.796. The molecule has 0 spiro atoms. The van der Waals surface area contributed by atoms with Crippen LogP contribution in [0.15, 0.2) is 18.2 Å². The fourth-order valence-corrected chi connectivity index (χ4v) is 1.95. The molecule has 0 aromatic heterocycles. The van der Waals surface area contributed by atoms with Gasteiger partial charge in [-0.2, -0.15) is 0 Å². The van der Waals surface area contributed by atoms with Crippen LogP contribution in [0, 0.1) is 5.82 Å². The summed E-state index contributed by atoms with van der Waals surface area (Å²) in [5.41, 5.74) is 0.257. The zero-order valence-corrected chi connectivity index (χ0v) is 10.6. The monoisotopic (exact) mass is 266 g/mol. The van der Waals surface area contributed by atoms with Crippen molar-refractivity contribution in [3.63, 3.8) is 0 Å². The van der Waals surface area contributed by atoms with Crippen molar-refractivity contribution in [2.24, 2.45) is 0 Å². The van der Waals surface area contributed by atoms with Crippen molar-refractivity contribution in [3.8, 4) is 5.75 Å². The van der Waals surface area contributed by atoms with E-state index in [1.54, 1.807) is 4.90 Å². The molecule has 0 radical (unpaired) electrons. The van der Waals surface area contributed by atoms with Gasteiger partial charge in [0.25, 0.3) is 5.91 Å². The number of nitrogens with one attached hydrogen (secondary N) is 1. The van der Waals surface area contributed by atoms with Gasteiger partial charge in [-0.15, -0.1) is 0 Å². The number of amides is 2. The Kier molecular flexibility index (Phi) is 3.99. The SMILES string of the molecule is COc1ccc(C(=O)N2CCNC(=O)CC2)cc1F. The van der Waals surface area contributed by atoms with Crippen LogP contribution in [-0.2, 0) is 4.79 Å². The molecule has 1 aromatic carbocycles. The van der Waals surface area contributed by atoms with Gasteiger partial charge in [-0.3, -0.25) is 9.59 Å². The number of nitrogens with zero attached hydrogens (tertiary/aromatic N) is 1. The van der Waals surface area contributed by atoms with Crippen LogP contribution < -0.4 is 10.1 Å². The molecule has 1 aliphatic heterocycles. The van der Waals surface area contributed by atoms with Crippen molar-refractivity contribution in [1.82, 2.24) is 10.2 Å². The molecule has 0 saturated carbocycles. The van der Waals surface area contributed by atoms with Crippen LogP contribution in [0.1, 0.15) is 16.8 Å². The molecule has 1 heterocycles. The number of benzene rings is 1. The van der Waals surface area contributed by atoms with Crippen molar-refractivity contribution >= 4 is 11.8 Å². The maximum atomic E-state index is 13.6. The van der Waals surface area contributed by atoms with E-state index in [1.807, 2.05) is 0 Å². The van der Waals surface area contributed by atoms with E-state index in [0.29, 0.717) is 19.6 Å². The lowest BCUT2D eigenvalue weighted by Crippen LogP contribution is -2.34. The van der Waals surface area contributed by atoms with Crippen LogP contribution in [0.4, 0.5) is 4.39 Å². The van der Waals surface area contributed by atoms with Crippen molar-refractivity contribution < 1.29 is 18.7 Å². The van der Waals surface area contributed by atoms with E-state index in [1.165, 1.54) is 19.2 Å². The summed E-state index contributed by atoms with van der Waals surface area (Å²) in [6.07, 6.45) is 0.268. The highest BCUT2D eigenvalue weighted by Gasteiger charge is 2.20. The lowest BCUT2D eigenvalue weighted by Gasteiger charge is -2.19. The summed E-state index contributed by atoms with van der Waals surface area (Å²) in [6, 6.07) is 4.09. The Hall–Kier alpha value is -2.11.